The first-order valence-corrected chi connectivity index (χ1v) is 11.6. The summed E-state index contributed by atoms with van der Waals surface area (Å²) < 4.78 is 0. The first-order chi connectivity index (χ1) is 14.0. The van der Waals surface area contributed by atoms with Gasteiger partial charge in [0.25, 0.3) is 0 Å². The molecule has 0 aliphatic rings. The Labute approximate surface area is 188 Å². The van der Waals surface area contributed by atoms with E-state index in [1.54, 1.807) is 6.92 Å². The second-order valence-electron chi connectivity index (χ2n) is 6.13. The van der Waals surface area contributed by atoms with E-state index in [0.29, 0.717) is 0 Å². The Morgan fingerprint density at radius 1 is 0.897 bits per heavy atom. The standard InChI is InChI=1S/C14H26.C4H10.C4H8.C3H4.C2H6.C2H2/c1-5-13(4)11-9-8-10-12-14(6-2)7-3;2*1-3-4-2;1-3-2;2*1-2/h5,14H,1,4,6-12H2,2-3H3;3-4H2,1-2H3;3H,1,4H2,2H3;1H,2H3;1-2H3;1-2H. The van der Waals surface area contributed by atoms with Crippen LogP contribution in [-0.2, 0) is 0 Å². The van der Waals surface area contributed by atoms with Crippen molar-refractivity contribution in [2.45, 2.75) is 120 Å². The van der Waals surface area contributed by atoms with E-state index in [2.05, 4.69) is 79.5 Å². The maximum atomic E-state index is 4.60. The number of rotatable bonds is 11. The van der Waals surface area contributed by atoms with E-state index in [1.165, 1.54) is 56.9 Å². The monoisotopic (exact) mass is 404 g/mol. The molecule has 172 valence electrons. The van der Waals surface area contributed by atoms with Gasteiger partial charge in [0.15, 0.2) is 0 Å². The molecule has 0 aromatic heterocycles. The number of hydrogen-bond donors (Lipinski definition) is 0. The van der Waals surface area contributed by atoms with Crippen LogP contribution in [0.15, 0.2) is 37.5 Å². The third kappa shape index (κ3) is 75.9. The summed E-state index contributed by atoms with van der Waals surface area (Å²) in [5, 5.41) is 0. The zero-order valence-electron chi connectivity index (χ0n) is 21.7. The quantitative estimate of drug-likeness (QED) is 0.139. The average Bonchev–Trinajstić information content (AvgIpc) is 2.79. The number of unbranched alkanes of at least 4 members (excludes halogenated alkanes) is 3. The minimum Gasteiger partial charge on any atom is -0.124 e. The Kier molecular flexibility index (Phi) is 80.8. The Morgan fingerprint density at radius 3 is 1.52 bits per heavy atom. The molecule has 0 aliphatic heterocycles. The van der Waals surface area contributed by atoms with Crippen LogP contribution in [0.4, 0.5) is 0 Å². The van der Waals surface area contributed by atoms with Gasteiger partial charge < -0.3 is 0 Å². The van der Waals surface area contributed by atoms with E-state index in [0.717, 1.165) is 18.8 Å². The van der Waals surface area contributed by atoms with Crippen molar-refractivity contribution in [3.63, 3.8) is 0 Å². The molecular formula is C29H56. The molecule has 0 saturated carbocycles. The summed E-state index contributed by atoms with van der Waals surface area (Å²) in [7, 11) is 0. The zero-order valence-corrected chi connectivity index (χ0v) is 21.7. The molecule has 0 heteroatoms. The normalized spacial score (nSPS) is 7.52. The van der Waals surface area contributed by atoms with Gasteiger partial charge in [-0.3, -0.25) is 0 Å². The predicted molar refractivity (Wildman–Crippen MR) is 143 cm³/mol. The van der Waals surface area contributed by atoms with Gasteiger partial charge in [0.1, 0.15) is 0 Å². The van der Waals surface area contributed by atoms with Crippen LogP contribution in [-0.4, -0.2) is 0 Å². The van der Waals surface area contributed by atoms with Gasteiger partial charge in [-0.1, -0.05) is 124 Å². The van der Waals surface area contributed by atoms with Crippen LogP contribution in [0, 0.1) is 31.1 Å². The topological polar surface area (TPSA) is 0 Å². The number of terminal acetylenes is 2. The zero-order chi connectivity index (χ0) is 24.3. The summed E-state index contributed by atoms with van der Waals surface area (Å²) in [4.78, 5) is 0. The summed E-state index contributed by atoms with van der Waals surface area (Å²) in [6.45, 7) is 27.8. The van der Waals surface area contributed by atoms with Crippen molar-refractivity contribution in [3.05, 3.63) is 37.5 Å². The van der Waals surface area contributed by atoms with E-state index in [4.69, 9.17) is 0 Å². The van der Waals surface area contributed by atoms with Crippen molar-refractivity contribution in [3.8, 4) is 25.2 Å². The van der Waals surface area contributed by atoms with Crippen molar-refractivity contribution >= 4 is 0 Å². The van der Waals surface area contributed by atoms with E-state index < -0.39 is 0 Å². The molecule has 0 saturated heterocycles. The fourth-order valence-electron chi connectivity index (χ4n) is 1.76. The maximum absolute atomic E-state index is 4.60. The fourth-order valence-corrected chi connectivity index (χ4v) is 1.76. The van der Waals surface area contributed by atoms with E-state index in [1.807, 2.05) is 26.0 Å². The van der Waals surface area contributed by atoms with Gasteiger partial charge in [-0.25, -0.2) is 0 Å². The molecule has 0 aromatic rings. The van der Waals surface area contributed by atoms with Crippen LogP contribution < -0.4 is 0 Å². The van der Waals surface area contributed by atoms with Crippen molar-refractivity contribution in [2.75, 3.05) is 0 Å². The molecule has 0 atom stereocenters. The molecule has 0 amide bonds. The lowest BCUT2D eigenvalue weighted by molar-refractivity contribution is 0.430. The molecule has 0 spiro atoms. The van der Waals surface area contributed by atoms with Crippen LogP contribution >= 0.6 is 0 Å². The lowest BCUT2D eigenvalue weighted by atomic mass is 9.95. The van der Waals surface area contributed by atoms with Crippen LogP contribution in [0.3, 0.4) is 0 Å². The molecule has 0 aliphatic carbocycles. The fraction of sp³-hybridized carbons (Fsp3) is 0.655. The highest BCUT2D eigenvalue weighted by molar-refractivity contribution is 5.10. The minimum absolute atomic E-state index is 0.956. The second kappa shape index (κ2) is 56.3. The maximum Gasteiger partial charge on any atom is -0.00297 e. The van der Waals surface area contributed by atoms with Gasteiger partial charge in [-0.2, -0.15) is 0 Å². The third-order valence-electron chi connectivity index (χ3n) is 3.84. The Hall–Kier alpha value is -1.66. The minimum atomic E-state index is 0.956. The lowest BCUT2D eigenvalue weighted by Gasteiger charge is -2.11. The van der Waals surface area contributed by atoms with Crippen molar-refractivity contribution in [1.82, 2.24) is 0 Å². The van der Waals surface area contributed by atoms with Gasteiger partial charge in [0.05, 0.1) is 0 Å². The summed E-state index contributed by atoms with van der Waals surface area (Å²) in [5.74, 6) is 3.21. The van der Waals surface area contributed by atoms with Crippen LogP contribution in [0.1, 0.15) is 120 Å². The number of allylic oxidation sites excluding steroid dienone is 3. The highest BCUT2D eigenvalue weighted by atomic mass is 14.1. The molecule has 0 aromatic carbocycles. The van der Waals surface area contributed by atoms with E-state index >= 15 is 0 Å². The third-order valence-corrected chi connectivity index (χ3v) is 3.84. The first kappa shape index (κ1) is 41.7. The highest BCUT2D eigenvalue weighted by Gasteiger charge is 2.02. The van der Waals surface area contributed by atoms with Gasteiger partial charge in [-0.15, -0.1) is 31.8 Å². The predicted octanol–water partition coefficient (Wildman–Crippen LogP) is 10.4. The van der Waals surface area contributed by atoms with Crippen LogP contribution in [0.2, 0.25) is 0 Å². The molecule has 29 heavy (non-hydrogen) atoms. The summed E-state index contributed by atoms with van der Waals surface area (Å²) in [5.41, 5.74) is 1.19. The molecule has 0 N–H and O–H groups in total. The molecular weight excluding hydrogens is 348 g/mol. The lowest BCUT2D eigenvalue weighted by Crippen LogP contribution is -1.96. The summed E-state index contributed by atoms with van der Waals surface area (Å²) in [6, 6.07) is 0. The molecule has 0 bridgehead atoms. The molecule has 0 nitrogen and oxygen atoms in total. The molecule has 0 radical (unpaired) electrons. The van der Waals surface area contributed by atoms with Crippen molar-refractivity contribution in [1.29, 1.82) is 0 Å². The van der Waals surface area contributed by atoms with Crippen molar-refractivity contribution in [2.24, 2.45) is 5.92 Å². The van der Waals surface area contributed by atoms with E-state index in [9.17, 15) is 0 Å². The van der Waals surface area contributed by atoms with Gasteiger partial charge >= 0.3 is 0 Å². The molecule has 0 rings (SSSR count). The highest BCUT2D eigenvalue weighted by Crippen LogP contribution is 2.17. The Balaban J connectivity index is -0.0000000723. The largest absolute Gasteiger partial charge is 0.124 e. The number of hydrogen-bond acceptors (Lipinski definition) is 0. The Morgan fingerprint density at radius 2 is 1.28 bits per heavy atom. The van der Waals surface area contributed by atoms with Gasteiger partial charge in [0.2, 0.25) is 0 Å². The van der Waals surface area contributed by atoms with Crippen molar-refractivity contribution < 1.29 is 0 Å². The molecule has 0 unspecified atom stereocenters. The summed E-state index contributed by atoms with van der Waals surface area (Å²) >= 11 is 0. The Bertz CT molecular complexity index is 318. The average molecular weight is 405 g/mol. The SMILES string of the molecule is C#C.C#CC.C=CC(=C)CCCCCC(CC)CC.C=CCC.CC.CCCC. The molecule has 0 fully saturated rings. The first-order valence-electron chi connectivity index (χ1n) is 11.6. The van der Waals surface area contributed by atoms with Gasteiger partial charge in [0, 0.05) is 0 Å². The second-order valence-corrected chi connectivity index (χ2v) is 6.13. The summed E-state index contributed by atoms with van der Waals surface area (Å²) in [6.07, 6.45) is 29.3. The smallest absolute Gasteiger partial charge is 0.00297 e. The van der Waals surface area contributed by atoms with Crippen LogP contribution in [0.25, 0.3) is 0 Å². The molecule has 0 heterocycles. The van der Waals surface area contributed by atoms with Gasteiger partial charge in [-0.05, 0) is 32.1 Å². The van der Waals surface area contributed by atoms with Crippen LogP contribution in [0.5, 0.6) is 0 Å². The van der Waals surface area contributed by atoms with E-state index in [-0.39, 0.29) is 0 Å².